The molecule has 7 heteroatoms. The second kappa shape index (κ2) is 7.30. The number of esters is 1. The summed E-state index contributed by atoms with van der Waals surface area (Å²) >= 11 is 0. The molecular formula is C12H18N4O3. The molecule has 0 radical (unpaired) electrons. The van der Waals surface area contributed by atoms with Crippen molar-refractivity contribution in [1.82, 2.24) is 15.5 Å². The minimum absolute atomic E-state index is 0.260. The largest absolute Gasteiger partial charge is 0.469 e. The van der Waals surface area contributed by atoms with E-state index in [1.54, 1.807) is 12.1 Å². The molecular weight excluding hydrogens is 248 g/mol. The molecule has 1 aromatic heterocycles. The first-order valence-electron chi connectivity index (χ1n) is 6.00. The third-order valence-electron chi connectivity index (χ3n) is 2.63. The van der Waals surface area contributed by atoms with Crippen LogP contribution in [0.4, 0.5) is 5.82 Å². The molecule has 0 saturated heterocycles. The van der Waals surface area contributed by atoms with Crippen LogP contribution in [0.3, 0.4) is 0 Å². The summed E-state index contributed by atoms with van der Waals surface area (Å²) in [7, 11) is 2.89. The Morgan fingerprint density at radius 1 is 1.37 bits per heavy atom. The van der Waals surface area contributed by atoms with E-state index in [-0.39, 0.29) is 24.0 Å². The van der Waals surface area contributed by atoms with Gasteiger partial charge in [0.15, 0.2) is 11.5 Å². The fraction of sp³-hybridized carbons (Fsp3) is 0.500. The van der Waals surface area contributed by atoms with Gasteiger partial charge in [0.05, 0.1) is 13.5 Å². The van der Waals surface area contributed by atoms with Crippen molar-refractivity contribution in [2.24, 2.45) is 0 Å². The van der Waals surface area contributed by atoms with Gasteiger partial charge in [-0.25, -0.2) is 0 Å². The van der Waals surface area contributed by atoms with Crippen LogP contribution in [0.5, 0.6) is 0 Å². The minimum atomic E-state index is -0.281. The van der Waals surface area contributed by atoms with Gasteiger partial charge < -0.3 is 15.0 Å². The van der Waals surface area contributed by atoms with Gasteiger partial charge >= 0.3 is 5.97 Å². The molecule has 1 aromatic rings. The van der Waals surface area contributed by atoms with Gasteiger partial charge in [0, 0.05) is 20.1 Å². The second-order valence-electron chi connectivity index (χ2n) is 3.76. The molecule has 7 nitrogen and oxygen atoms in total. The molecule has 1 rings (SSSR count). The van der Waals surface area contributed by atoms with E-state index in [9.17, 15) is 9.59 Å². The van der Waals surface area contributed by atoms with Crippen LogP contribution in [0.2, 0.25) is 0 Å². The summed E-state index contributed by atoms with van der Waals surface area (Å²) in [5.41, 5.74) is 0.260. The number of hydrogen-bond donors (Lipinski definition) is 1. The molecule has 1 amide bonds. The van der Waals surface area contributed by atoms with Crippen LogP contribution in [0.15, 0.2) is 12.1 Å². The second-order valence-corrected chi connectivity index (χ2v) is 3.76. The van der Waals surface area contributed by atoms with Crippen molar-refractivity contribution < 1.29 is 14.3 Å². The lowest BCUT2D eigenvalue weighted by atomic mass is 10.3. The zero-order chi connectivity index (χ0) is 14.3. The highest BCUT2D eigenvalue weighted by Gasteiger charge is 2.11. The number of carbonyl (C=O) groups is 2. The van der Waals surface area contributed by atoms with E-state index in [0.717, 1.165) is 0 Å². The van der Waals surface area contributed by atoms with Crippen LogP contribution in [0, 0.1) is 0 Å². The topological polar surface area (TPSA) is 84.4 Å². The Hall–Kier alpha value is -2.18. The molecule has 1 heterocycles. The third-order valence-corrected chi connectivity index (χ3v) is 2.63. The molecule has 0 aromatic carbocycles. The van der Waals surface area contributed by atoms with Crippen LogP contribution < -0.4 is 10.2 Å². The molecule has 0 aliphatic carbocycles. The van der Waals surface area contributed by atoms with E-state index in [1.165, 1.54) is 14.2 Å². The van der Waals surface area contributed by atoms with E-state index in [2.05, 4.69) is 20.3 Å². The number of nitrogens with zero attached hydrogens (tertiary/aromatic N) is 3. The molecule has 0 aliphatic heterocycles. The van der Waals surface area contributed by atoms with Gasteiger partial charge in [0.2, 0.25) is 0 Å². The molecule has 0 bridgehead atoms. The summed E-state index contributed by atoms with van der Waals surface area (Å²) in [5.74, 6) is 0.0732. The van der Waals surface area contributed by atoms with Crippen LogP contribution in [-0.4, -0.2) is 49.3 Å². The van der Waals surface area contributed by atoms with Gasteiger partial charge in [0.25, 0.3) is 5.91 Å². The summed E-state index contributed by atoms with van der Waals surface area (Å²) < 4.78 is 4.59. The number of carbonyl (C=O) groups excluding carboxylic acids is 2. The number of hydrogen-bond acceptors (Lipinski definition) is 6. The summed E-state index contributed by atoms with van der Waals surface area (Å²) in [6, 6.07) is 3.31. The quantitative estimate of drug-likeness (QED) is 0.742. The highest BCUT2D eigenvalue weighted by Crippen LogP contribution is 2.10. The van der Waals surface area contributed by atoms with Crippen molar-refractivity contribution in [3.63, 3.8) is 0 Å². The van der Waals surface area contributed by atoms with E-state index in [0.29, 0.717) is 18.9 Å². The number of rotatable bonds is 6. The summed E-state index contributed by atoms with van der Waals surface area (Å²) in [5, 5.41) is 10.3. The number of nitrogens with one attached hydrogen (secondary N) is 1. The molecule has 0 fully saturated rings. The Morgan fingerprint density at radius 2 is 2.11 bits per heavy atom. The lowest BCUT2D eigenvalue weighted by Crippen LogP contribution is -2.28. The Kier molecular flexibility index (Phi) is 5.72. The number of methoxy groups -OCH3 is 1. The predicted octanol–water partition coefficient (Wildman–Crippen LogP) is 0.226. The van der Waals surface area contributed by atoms with Crippen molar-refractivity contribution in [2.45, 2.75) is 13.3 Å². The van der Waals surface area contributed by atoms with Gasteiger partial charge in [-0.3, -0.25) is 9.59 Å². The average molecular weight is 266 g/mol. The van der Waals surface area contributed by atoms with Gasteiger partial charge in [-0.05, 0) is 19.1 Å². The fourth-order valence-electron chi connectivity index (χ4n) is 1.51. The zero-order valence-corrected chi connectivity index (χ0v) is 11.3. The molecule has 0 unspecified atom stereocenters. The van der Waals surface area contributed by atoms with Gasteiger partial charge in [-0.15, -0.1) is 10.2 Å². The predicted molar refractivity (Wildman–Crippen MR) is 69.9 cm³/mol. The van der Waals surface area contributed by atoms with Crippen molar-refractivity contribution >= 4 is 17.7 Å². The van der Waals surface area contributed by atoms with Crippen molar-refractivity contribution in [3.05, 3.63) is 17.8 Å². The van der Waals surface area contributed by atoms with Crippen molar-refractivity contribution in [2.75, 3.05) is 32.1 Å². The van der Waals surface area contributed by atoms with E-state index in [4.69, 9.17) is 0 Å². The summed E-state index contributed by atoms with van der Waals surface area (Å²) in [4.78, 5) is 24.3. The maximum atomic E-state index is 11.3. The molecule has 0 saturated carbocycles. The number of ether oxygens (including phenoxy) is 1. The van der Waals surface area contributed by atoms with Crippen LogP contribution in [-0.2, 0) is 9.53 Å². The highest BCUT2D eigenvalue weighted by atomic mass is 16.5. The first-order valence-corrected chi connectivity index (χ1v) is 6.00. The first-order chi connectivity index (χ1) is 9.12. The maximum Gasteiger partial charge on any atom is 0.307 e. The highest BCUT2D eigenvalue weighted by molar-refractivity contribution is 5.91. The Morgan fingerprint density at radius 3 is 2.58 bits per heavy atom. The van der Waals surface area contributed by atoms with E-state index >= 15 is 0 Å². The van der Waals surface area contributed by atoms with Gasteiger partial charge in [-0.2, -0.15) is 0 Å². The van der Waals surface area contributed by atoms with E-state index in [1.807, 2.05) is 11.8 Å². The monoisotopic (exact) mass is 266 g/mol. The smallest absolute Gasteiger partial charge is 0.307 e. The van der Waals surface area contributed by atoms with Crippen LogP contribution >= 0.6 is 0 Å². The summed E-state index contributed by atoms with van der Waals surface area (Å²) in [6.45, 7) is 3.13. The molecule has 0 aliphatic rings. The van der Waals surface area contributed by atoms with E-state index < -0.39 is 0 Å². The molecule has 104 valence electrons. The zero-order valence-electron chi connectivity index (χ0n) is 11.3. The fourth-order valence-corrected chi connectivity index (χ4v) is 1.51. The average Bonchev–Trinajstić information content (AvgIpc) is 2.47. The number of anilines is 1. The lowest BCUT2D eigenvalue weighted by molar-refractivity contribution is -0.140. The van der Waals surface area contributed by atoms with Crippen LogP contribution in [0.1, 0.15) is 23.8 Å². The van der Waals surface area contributed by atoms with Gasteiger partial charge in [-0.1, -0.05) is 0 Å². The van der Waals surface area contributed by atoms with Gasteiger partial charge in [0.1, 0.15) is 0 Å². The number of aromatic nitrogens is 2. The van der Waals surface area contributed by atoms with Crippen molar-refractivity contribution in [3.8, 4) is 0 Å². The van der Waals surface area contributed by atoms with Crippen LogP contribution in [0.25, 0.3) is 0 Å². The third kappa shape index (κ3) is 4.20. The normalized spacial score (nSPS) is 9.84. The Balaban J connectivity index is 2.71. The Bertz CT molecular complexity index is 433. The van der Waals surface area contributed by atoms with Crippen molar-refractivity contribution in [1.29, 1.82) is 0 Å². The standard InChI is InChI=1S/C12H18N4O3/c1-4-16(8-7-11(17)19-3)10-6-5-9(14-15-10)12(18)13-2/h5-6H,4,7-8H2,1-3H3,(H,13,18). The molecule has 1 N–H and O–H groups in total. The lowest BCUT2D eigenvalue weighted by Gasteiger charge is -2.20. The SMILES string of the molecule is CCN(CCC(=O)OC)c1ccc(C(=O)NC)nn1. The first kappa shape index (κ1) is 14.9. The Labute approximate surface area is 112 Å². The number of amides is 1. The minimum Gasteiger partial charge on any atom is -0.469 e. The molecule has 0 spiro atoms. The molecule has 0 atom stereocenters. The summed E-state index contributed by atoms with van der Waals surface area (Å²) in [6.07, 6.45) is 0.281. The maximum absolute atomic E-state index is 11.3. The molecule has 19 heavy (non-hydrogen) atoms.